The molecule has 1 aliphatic rings. The van der Waals surface area contributed by atoms with Crippen molar-refractivity contribution >= 4 is 5.84 Å². The van der Waals surface area contributed by atoms with E-state index in [1.54, 1.807) is 0 Å². The van der Waals surface area contributed by atoms with Gasteiger partial charge in [-0.25, -0.2) is 5.01 Å². The van der Waals surface area contributed by atoms with Crippen LogP contribution in [0.1, 0.15) is 19.8 Å². The Morgan fingerprint density at radius 1 is 1.60 bits per heavy atom. The molecular weight excluding hydrogens is 196 g/mol. The lowest BCUT2D eigenvalue weighted by atomic mass is 10.1. The minimum atomic E-state index is 0.221. The summed E-state index contributed by atoms with van der Waals surface area (Å²) in [6, 6.07) is 0.221. The first-order valence-electron chi connectivity index (χ1n) is 5.31. The van der Waals surface area contributed by atoms with E-state index in [1.807, 2.05) is 0 Å². The van der Waals surface area contributed by atoms with Crippen LogP contribution in [-0.4, -0.2) is 48.4 Å². The topological polar surface area (TPSA) is 83.1 Å². The van der Waals surface area contributed by atoms with Crippen LogP contribution in [0, 0.1) is 0 Å². The van der Waals surface area contributed by atoms with Gasteiger partial charge < -0.3 is 15.7 Å². The first-order valence-corrected chi connectivity index (χ1v) is 5.31. The van der Waals surface area contributed by atoms with Crippen molar-refractivity contribution in [2.45, 2.75) is 25.8 Å². The number of nitrogens with two attached hydrogens (primary N) is 1. The maximum atomic E-state index is 8.49. The fourth-order valence-corrected chi connectivity index (χ4v) is 1.53. The van der Waals surface area contributed by atoms with Crippen molar-refractivity contribution in [3.05, 3.63) is 0 Å². The zero-order valence-electron chi connectivity index (χ0n) is 9.15. The van der Waals surface area contributed by atoms with Crippen LogP contribution in [0.4, 0.5) is 0 Å². The van der Waals surface area contributed by atoms with E-state index in [2.05, 4.69) is 22.5 Å². The molecule has 0 saturated carbocycles. The molecule has 0 spiro atoms. The Kier molecular flexibility index (Phi) is 5.38. The molecule has 0 amide bonds. The van der Waals surface area contributed by atoms with Crippen molar-refractivity contribution in [2.24, 2.45) is 10.9 Å². The van der Waals surface area contributed by atoms with Crippen molar-refractivity contribution in [1.82, 2.24) is 10.4 Å². The highest BCUT2D eigenvalue weighted by Crippen LogP contribution is 2.01. The summed E-state index contributed by atoms with van der Waals surface area (Å²) in [7, 11) is 0. The SMILES string of the molecule is CCC(CC(N)=NO)NN1CCOCC1. The monoisotopic (exact) mass is 216 g/mol. The summed E-state index contributed by atoms with van der Waals surface area (Å²) in [5.41, 5.74) is 8.82. The van der Waals surface area contributed by atoms with Gasteiger partial charge in [-0.3, -0.25) is 5.43 Å². The van der Waals surface area contributed by atoms with Crippen LogP contribution in [0.15, 0.2) is 5.16 Å². The van der Waals surface area contributed by atoms with Gasteiger partial charge in [0.05, 0.1) is 13.2 Å². The van der Waals surface area contributed by atoms with E-state index in [0.29, 0.717) is 6.42 Å². The van der Waals surface area contributed by atoms with E-state index in [0.717, 1.165) is 32.7 Å². The third kappa shape index (κ3) is 4.46. The molecule has 1 heterocycles. The second kappa shape index (κ2) is 6.60. The lowest BCUT2D eigenvalue weighted by Crippen LogP contribution is -2.50. The number of oxime groups is 1. The highest BCUT2D eigenvalue weighted by Gasteiger charge is 2.15. The minimum absolute atomic E-state index is 0.221. The highest BCUT2D eigenvalue weighted by atomic mass is 16.5. The summed E-state index contributed by atoms with van der Waals surface area (Å²) in [6.07, 6.45) is 1.50. The van der Waals surface area contributed by atoms with Crippen LogP contribution in [0.2, 0.25) is 0 Å². The van der Waals surface area contributed by atoms with E-state index >= 15 is 0 Å². The number of hydrogen-bond acceptors (Lipinski definition) is 5. The molecule has 15 heavy (non-hydrogen) atoms. The summed E-state index contributed by atoms with van der Waals surface area (Å²) in [5, 5.41) is 13.6. The highest BCUT2D eigenvalue weighted by molar-refractivity contribution is 5.80. The number of nitrogens with one attached hydrogen (secondary N) is 1. The third-order valence-electron chi connectivity index (χ3n) is 2.45. The standard InChI is InChI=1S/C9H20N4O2/c1-2-8(7-9(10)12-14)11-13-3-5-15-6-4-13/h8,11,14H,2-7H2,1H3,(H2,10,12). The molecule has 1 saturated heterocycles. The molecule has 6 nitrogen and oxygen atoms in total. The van der Waals surface area contributed by atoms with Crippen molar-refractivity contribution in [2.75, 3.05) is 26.3 Å². The number of ether oxygens (including phenoxy) is 1. The van der Waals surface area contributed by atoms with Crippen LogP contribution in [0.25, 0.3) is 0 Å². The number of hydrogen-bond donors (Lipinski definition) is 3. The van der Waals surface area contributed by atoms with Gasteiger partial charge in [-0.2, -0.15) is 0 Å². The average Bonchev–Trinajstić information content (AvgIpc) is 2.29. The number of hydrazine groups is 1. The Balaban J connectivity index is 2.31. The Morgan fingerprint density at radius 3 is 2.80 bits per heavy atom. The van der Waals surface area contributed by atoms with Crippen molar-refractivity contribution < 1.29 is 9.94 Å². The van der Waals surface area contributed by atoms with Gasteiger partial charge in [0.25, 0.3) is 0 Å². The molecule has 1 rings (SSSR count). The zero-order chi connectivity index (χ0) is 11.1. The van der Waals surface area contributed by atoms with Crippen LogP contribution in [0.3, 0.4) is 0 Å². The quantitative estimate of drug-likeness (QED) is 0.255. The first-order chi connectivity index (χ1) is 7.26. The average molecular weight is 216 g/mol. The number of amidine groups is 1. The summed E-state index contributed by atoms with van der Waals surface area (Å²) in [4.78, 5) is 0. The fourth-order valence-electron chi connectivity index (χ4n) is 1.53. The van der Waals surface area contributed by atoms with E-state index in [9.17, 15) is 0 Å². The fraction of sp³-hybridized carbons (Fsp3) is 0.889. The van der Waals surface area contributed by atoms with Crippen LogP contribution in [0.5, 0.6) is 0 Å². The molecule has 4 N–H and O–H groups in total. The maximum absolute atomic E-state index is 8.49. The Morgan fingerprint density at radius 2 is 2.27 bits per heavy atom. The Bertz CT molecular complexity index is 204. The molecule has 88 valence electrons. The van der Waals surface area contributed by atoms with Crippen LogP contribution >= 0.6 is 0 Å². The summed E-state index contributed by atoms with van der Waals surface area (Å²) < 4.78 is 5.25. The van der Waals surface area contributed by atoms with E-state index in [-0.39, 0.29) is 11.9 Å². The number of nitrogens with zero attached hydrogens (tertiary/aromatic N) is 2. The van der Waals surface area contributed by atoms with Gasteiger partial charge in [0.2, 0.25) is 0 Å². The van der Waals surface area contributed by atoms with E-state index in [4.69, 9.17) is 15.7 Å². The molecule has 1 unspecified atom stereocenters. The van der Waals surface area contributed by atoms with Gasteiger partial charge in [0, 0.05) is 25.6 Å². The van der Waals surface area contributed by atoms with Crippen molar-refractivity contribution in [1.29, 1.82) is 0 Å². The first kappa shape index (κ1) is 12.2. The molecule has 0 bridgehead atoms. The predicted octanol–water partition coefficient (Wildman–Crippen LogP) is -0.262. The molecule has 0 aromatic heterocycles. The molecular formula is C9H20N4O2. The molecule has 0 radical (unpaired) electrons. The molecule has 0 aliphatic carbocycles. The van der Waals surface area contributed by atoms with Gasteiger partial charge in [-0.1, -0.05) is 12.1 Å². The number of rotatable bonds is 5. The molecule has 1 fully saturated rings. The predicted molar refractivity (Wildman–Crippen MR) is 57.6 cm³/mol. The molecule has 0 aromatic carbocycles. The zero-order valence-corrected chi connectivity index (χ0v) is 9.15. The second-order valence-corrected chi connectivity index (χ2v) is 3.63. The summed E-state index contributed by atoms with van der Waals surface area (Å²) in [5.74, 6) is 0.266. The van der Waals surface area contributed by atoms with Crippen LogP contribution in [-0.2, 0) is 4.74 Å². The van der Waals surface area contributed by atoms with Crippen LogP contribution < -0.4 is 11.2 Å². The Hall–Kier alpha value is -0.850. The van der Waals surface area contributed by atoms with Gasteiger partial charge in [-0.05, 0) is 6.42 Å². The third-order valence-corrected chi connectivity index (χ3v) is 2.45. The molecule has 6 heteroatoms. The molecule has 1 atom stereocenters. The van der Waals surface area contributed by atoms with Crippen molar-refractivity contribution in [3.8, 4) is 0 Å². The van der Waals surface area contributed by atoms with Gasteiger partial charge in [0.1, 0.15) is 5.84 Å². The normalized spacial score (nSPS) is 21.5. The minimum Gasteiger partial charge on any atom is -0.409 e. The largest absolute Gasteiger partial charge is 0.409 e. The summed E-state index contributed by atoms with van der Waals surface area (Å²) >= 11 is 0. The maximum Gasteiger partial charge on any atom is 0.140 e. The molecule has 1 aliphatic heterocycles. The lowest BCUT2D eigenvalue weighted by Gasteiger charge is -2.31. The number of morpholine rings is 1. The summed E-state index contributed by atoms with van der Waals surface area (Å²) in [6.45, 7) is 5.35. The van der Waals surface area contributed by atoms with E-state index in [1.165, 1.54) is 0 Å². The second-order valence-electron chi connectivity index (χ2n) is 3.63. The smallest absolute Gasteiger partial charge is 0.140 e. The van der Waals surface area contributed by atoms with Gasteiger partial charge in [-0.15, -0.1) is 0 Å². The van der Waals surface area contributed by atoms with E-state index < -0.39 is 0 Å². The van der Waals surface area contributed by atoms with Gasteiger partial charge in [0.15, 0.2) is 0 Å². The van der Waals surface area contributed by atoms with Gasteiger partial charge >= 0.3 is 0 Å². The van der Waals surface area contributed by atoms with Crippen molar-refractivity contribution in [3.63, 3.8) is 0 Å². The lowest BCUT2D eigenvalue weighted by molar-refractivity contribution is 0.00378. The Labute approximate surface area is 90.0 Å². The molecule has 0 aromatic rings.